The summed E-state index contributed by atoms with van der Waals surface area (Å²) in [6.07, 6.45) is 1.01. The van der Waals surface area contributed by atoms with Gasteiger partial charge in [-0.2, -0.15) is 5.10 Å². The summed E-state index contributed by atoms with van der Waals surface area (Å²) in [7, 11) is 0. The average Bonchev–Trinajstić information content (AvgIpc) is 3.10. The minimum atomic E-state index is 0.188. The van der Waals surface area contributed by atoms with Crippen LogP contribution in [0.5, 0.6) is 5.75 Å². The molecule has 1 unspecified atom stereocenters. The number of rotatable bonds is 6. The van der Waals surface area contributed by atoms with E-state index in [0.717, 1.165) is 53.8 Å². The third kappa shape index (κ3) is 4.13. The van der Waals surface area contributed by atoms with Gasteiger partial charge in [0.05, 0.1) is 23.2 Å². The van der Waals surface area contributed by atoms with Gasteiger partial charge >= 0.3 is 0 Å². The third-order valence-electron chi connectivity index (χ3n) is 5.57. The fourth-order valence-electron chi connectivity index (χ4n) is 4.07. The zero-order valence-electron chi connectivity index (χ0n) is 18.2. The molecule has 162 valence electrons. The molecule has 0 saturated heterocycles. The summed E-state index contributed by atoms with van der Waals surface area (Å²) >= 11 is 1.96. The molecule has 1 atom stereocenters. The molecule has 0 spiro atoms. The van der Waals surface area contributed by atoms with Crippen molar-refractivity contribution in [3.05, 3.63) is 96.1 Å². The fourth-order valence-corrected chi connectivity index (χ4v) is 5.26. The molecule has 1 N–H and O–H groups in total. The first-order valence-corrected chi connectivity index (χ1v) is 12.2. The van der Waals surface area contributed by atoms with Crippen molar-refractivity contribution in [3.63, 3.8) is 0 Å². The molecule has 4 aromatic rings. The number of nitrogens with zero attached hydrogens (tertiary/aromatic N) is 2. The minimum absolute atomic E-state index is 0.188. The highest BCUT2D eigenvalue weighted by Crippen LogP contribution is 2.46. The number of thioether (sulfide) groups is 1. The van der Waals surface area contributed by atoms with Crippen molar-refractivity contribution in [1.29, 1.82) is 0 Å². The Balaban J connectivity index is 1.65. The number of hydrogen-bond donors (Lipinski definition) is 1. The van der Waals surface area contributed by atoms with Gasteiger partial charge in [-0.05, 0) is 36.2 Å². The molecule has 0 radical (unpaired) electrons. The minimum Gasteiger partial charge on any atom is -0.494 e. The molecule has 5 heteroatoms. The second kappa shape index (κ2) is 9.53. The van der Waals surface area contributed by atoms with Crippen molar-refractivity contribution in [2.45, 2.75) is 18.6 Å². The van der Waals surface area contributed by atoms with E-state index in [-0.39, 0.29) is 5.25 Å². The summed E-state index contributed by atoms with van der Waals surface area (Å²) < 4.78 is 7.88. The van der Waals surface area contributed by atoms with Gasteiger partial charge in [-0.25, -0.2) is 4.68 Å². The lowest BCUT2D eigenvalue weighted by molar-refractivity contribution is 0.317. The van der Waals surface area contributed by atoms with Crippen molar-refractivity contribution >= 4 is 17.6 Å². The van der Waals surface area contributed by atoms with Crippen LogP contribution in [0.15, 0.2) is 84.9 Å². The summed E-state index contributed by atoms with van der Waals surface area (Å²) in [4.78, 5) is 0. The zero-order valence-corrected chi connectivity index (χ0v) is 19.0. The molecule has 0 fully saturated rings. The Morgan fingerprint density at radius 2 is 1.69 bits per heavy atom. The maximum atomic E-state index is 5.81. The Kier molecular flexibility index (Phi) is 6.17. The summed E-state index contributed by atoms with van der Waals surface area (Å²) in [6, 6.07) is 29.5. The topological polar surface area (TPSA) is 39.1 Å². The van der Waals surface area contributed by atoms with Crippen LogP contribution in [-0.4, -0.2) is 28.7 Å². The number of benzene rings is 3. The van der Waals surface area contributed by atoms with E-state index in [9.17, 15) is 0 Å². The number of para-hydroxylation sites is 1. The molecule has 5 rings (SSSR count). The molecule has 0 aliphatic carbocycles. The van der Waals surface area contributed by atoms with Crippen molar-refractivity contribution in [2.75, 3.05) is 24.2 Å². The van der Waals surface area contributed by atoms with Gasteiger partial charge in [0.2, 0.25) is 0 Å². The van der Waals surface area contributed by atoms with Crippen LogP contribution >= 0.6 is 11.8 Å². The lowest BCUT2D eigenvalue weighted by Crippen LogP contribution is -2.08. The predicted molar refractivity (Wildman–Crippen MR) is 134 cm³/mol. The summed E-state index contributed by atoms with van der Waals surface area (Å²) in [5.41, 5.74) is 5.74. The van der Waals surface area contributed by atoms with Gasteiger partial charge in [-0.1, -0.05) is 67.6 Å². The normalized spacial score (nSPS) is 15.5. The first kappa shape index (κ1) is 20.7. The van der Waals surface area contributed by atoms with Crippen molar-refractivity contribution in [1.82, 2.24) is 9.78 Å². The molecule has 32 heavy (non-hydrogen) atoms. The number of hydrogen-bond acceptors (Lipinski definition) is 4. The van der Waals surface area contributed by atoms with E-state index in [4.69, 9.17) is 9.84 Å². The van der Waals surface area contributed by atoms with Crippen LogP contribution in [0.25, 0.3) is 16.9 Å². The van der Waals surface area contributed by atoms with Crippen LogP contribution in [0, 0.1) is 0 Å². The van der Waals surface area contributed by atoms with E-state index in [1.807, 2.05) is 17.8 Å². The van der Waals surface area contributed by atoms with Crippen LogP contribution < -0.4 is 10.1 Å². The predicted octanol–water partition coefficient (Wildman–Crippen LogP) is 6.58. The quantitative estimate of drug-likeness (QED) is 0.367. The Labute approximate surface area is 193 Å². The number of nitrogens with one attached hydrogen (secondary N) is 1. The third-order valence-corrected chi connectivity index (χ3v) is 6.85. The van der Waals surface area contributed by atoms with Gasteiger partial charge in [0.25, 0.3) is 0 Å². The first-order valence-electron chi connectivity index (χ1n) is 11.2. The van der Waals surface area contributed by atoms with Crippen LogP contribution in [-0.2, 0) is 0 Å². The van der Waals surface area contributed by atoms with Crippen molar-refractivity contribution in [2.24, 2.45) is 0 Å². The van der Waals surface area contributed by atoms with E-state index in [1.54, 1.807) is 0 Å². The highest BCUT2D eigenvalue weighted by Gasteiger charge is 2.30. The molecule has 2 heterocycles. The molecule has 1 aliphatic rings. The van der Waals surface area contributed by atoms with E-state index < -0.39 is 0 Å². The highest BCUT2D eigenvalue weighted by atomic mass is 32.2. The first-order chi connectivity index (χ1) is 15.8. The van der Waals surface area contributed by atoms with Crippen LogP contribution in [0.2, 0.25) is 0 Å². The monoisotopic (exact) mass is 441 g/mol. The number of aromatic nitrogens is 2. The van der Waals surface area contributed by atoms with Gasteiger partial charge in [0, 0.05) is 23.4 Å². The second-order valence-electron chi connectivity index (χ2n) is 7.82. The summed E-state index contributed by atoms with van der Waals surface area (Å²) in [5.74, 6) is 3.03. The Morgan fingerprint density at radius 3 is 2.41 bits per heavy atom. The smallest absolute Gasteiger partial charge is 0.135 e. The van der Waals surface area contributed by atoms with Gasteiger partial charge in [-0.3, -0.25) is 0 Å². The molecule has 0 bridgehead atoms. The average molecular weight is 442 g/mol. The van der Waals surface area contributed by atoms with Crippen LogP contribution in [0.1, 0.15) is 29.7 Å². The molecule has 4 nitrogen and oxygen atoms in total. The molecule has 0 amide bonds. The van der Waals surface area contributed by atoms with Crippen molar-refractivity contribution < 1.29 is 4.74 Å². The lowest BCUT2D eigenvalue weighted by atomic mass is 10.00. The number of fused-ring (bicyclic) bond motifs is 1. The number of anilines is 1. The fraction of sp³-hybridized carbons (Fsp3) is 0.222. The summed E-state index contributed by atoms with van der Waals surface area (Å²) in [5, 5.41) is 8.99. The SMILES string of the molecule is CCCOc1ccc(C2SCCNc3c2c(-c2ccccc2)nn3-c2ccccc2)cc1. The van der Waals surface area contributed by atoms with E-state index in [0.29, 0.717) is 0 Å². The van der Waals surface area contributed by atoms with E-state index in [1.165, 1.54) is 11.1 Å². The van der Waals surface area contributed by atoms with E-state index >= 15 is 0 Å². The maximum absolute atomic E-state index is 5.81. The second-order valence-corrected chi connectivity index (χ2v) is 9.03. The van der Waals surface area contributed by atoms with Gasteiger partial charge in [0.1, 0.15) is 11.6 Å². The Bertz CT molecular complexity index is 1160. The molecular formula is C27H27N3OS. The molecule has 3 aromatic carbocycles. The Hall–Kier alpha value is -3.18. The molecule has 1 aromatic heterocycles. The molecule has 0 saturated carbocycles. The molecular weight excluding hydrogens is 414 g/mol. The highest BCUT2D eigenvalue weighted by molar-refractivity contribution is 7.99. The van der Waals surface area contributed by atoms with E-state index in [2.05, 4.69) is 95.8 Å². The zero-order chi connectivity index (χ0) is 21.8. The summed E-state index contributed by atoms with van der Waals surface area (Å²) in [6.45, 7) is 3.77. The van der Waals surface area contributed by atoms with Gasteiger partial charge in [-0.15, -0.1) is 11.8 Å². The van der Waals surface area contributed by atoms with Gasteiger partial charge < -0.3 is 10.1 Å². The van der Waals surface area contributed by atoms with Gasteiger partial charge in [0.15, 0.2) is 0 Å². The Morgan fingerprint density at radius 1 is 0.969 bits per heavy atom. The van der Waals surface area contributed by atoms with Crippen LogP contribution in [0.4, 0.5) is 5.82 Å². The standard InChI is InChI=1S/C27H27N3OS/c1-2-18-31-23-15-13-21(14-16-23)26-24-25(20-9-5-3-6-10-20)29-30(22-11-7-4-8-12-22)27(24)28-17-19-32-26/h3-16,26,28H,2,17-19H2,1H3. The maximum Gasteiger partial charge on any atom is 0.135 e. The number of ether oxygens (including phenoxy) is 1. The van der Waals surface area contributed by atoms with Crippen LogP contribution in [0.3, 0.4) is 0 Å². The lowest BCUT2D eigenvalue weighted by Gasteiger charge is -2.17. The van der Waals surface area contributed by atoms with Crippen molar-refractivity contribution in [3.8, 4) is 22.7 Å². The largest absolute Gasteiger partial charge is 0.494 e. The molecule has 1 aliphatic heterocycles.